The first kappa shape index (κ1) is 13.3. The highest BCUT2D eigenvalue weighted by molar-refractivity contribution is 5.84. The third-order valence-electron chi connectivity index (χ3n) is 3.78. The summed E-state index contributed by atoms with van der Waals surface area (Å²) >= 11 is 0. The number of nitrogens with two attached hydrogens (primary N) is 1. The molecule has 4 nitrogen and oxygen atoms in total. The summed E-state index contributed by atoms with van der Waals surface area (Å²) in [6.45, 7) is 5.35. The SMILES string of the molecule is CC1CN(c2cc(CN)c3ccccc3n2)CCCO1. The van der Waals surface area contributed by atoms with Gasteiger partial charge in [-0.25, -0.2) is 4.98 Å². The first-order chi connectivity index (χ1) is 9.78. The minimum absolute atomic E-state index is 0.243. The van der Waals surface area contributed by atoms with E-state index in [0.29, 0.717) is 6.54 Å². The number of hydrogen-bond donors (Lipinski definition) is 1. The molecule has 1 fully saturated rings. The second-order valence-corrected chi connectivity index (χ2v) is 5.34. The van der Waals surface area contributed by atoms with Crippen LogP contribution in [0.15, 0.2) is 30.3 Å². The molecule has 0 radical (unpaired) electrons. The van der Waals surface area contributed by atoms with Crippen molar-refractivity contribution in [1.29, 1.82) is 0 Å². The topological polar surface area (TPSA) is 51.4 Å². The molecule has 0 spiro atoms. The molecule has 0 aliphatic carbocycles. The Hall–Kier alpha value is -1.65. The molecule has 1 aromatic heterocycles. The van der Waals surface area contributed by atoms with Crippen LogP contribution in [0.1, 0.15) is 18.9 Å². The highest BCUT2D eigenvalue weighted by Gasteiger charge is 2.17. The van der Waals surface area contributed by atoms with Gasteiger partial charge in [0, 0.05) is 31.6 Å². The van der Waals surface area contributed by atoms with E-state index < -0.39 is 0 Å². The van der Waals surface area contributed by atoms with Crippen molar-refractivity contribution in [3.05, 3.63) is 35.9 Å². The van der Waals surface area contributed by atoms with Crippen LogP contribution in [0, 0.1) is 0 Å². The van der Waals surface area contributed by atoms with E-state index in [2.05, 4.69) is 30.0 Å². The van der Waals surface area contributed by atoms with Crippen LogP contribution in [0.4, 0.5) is 5.82 Å². The van der Waals surface area contributed by atoms with Gasteiger partial charge in [-0.15, -0.1) is 0 Å². The van der Waals surface area contributed by atoms with Crippen molar-refractivity contribution in [3.8, 4) is 0 Å². The Morgan fingerprint density at radius 1 is 1.40 bits per heavy atom. The number of anilines is 1. The zero-order valence-electron chi connectivity index (χ0n) is 11.9. The Bertz CT molecular complexity index is 599. The molecule has 2 N–H and O–H groups in total. The minimum Gasteiger partial charge on any atom is -0.377 e. The quantitative estimate of drug-likeness (QED) is 0.910. The fourth-order valence-corrected chi connectivity index (χ4v) is 2.77. The van der Waals surface area contributed by atoms with E-state index >= 15 is 0 Å². The van der Waals surface area contributed by atoms with E-state index in [4.69, 9.17) is 15.5 Å². The second-order valence-electron chi connectivity index (χ2n) is 5.34. The summed E-state index contributed by atoms with van der Waals surface area (Å²) < 4.78 is 5.70. The van der Waals surface area contributed by atoms with Gasteiger partial charge in [-0.3, -0.25) is 0 Å². The Morgan fingerprint density at radius 2 is 2.25 bits per heavy atom. The van der Waals surface area contributed by atoms with E-state index in [1.807, 2.05) is 12.1 Å². The summed E-state index contributed by atoms with van der Waals surface area (Å²) in [7, 11) is 0. The van der Waals surface area contributed by atoms with Gasteiger partial charge in [0.2, 0.25) is 0 Å². The third kappa shape index (κ3) is 2.62. The first-order valence-electron chi connectivity index (χ1n) is 7.23. The van der Waals surface area contributed by atoms with Crippen molar-refractivity contribution in [2.45, 2.75) is 26.0 Å². The van der Waals surface area contributed by atoms with E-state index in [-0.39, 0.29) is 6.10 Å². The van der Waals surface area contributed by atoms with E-state index in [1.54, 1.807) is 0 Å². The Balaban J connectivity index is 2.02. The smallest absolute Gasteiger partial charge is 0.129 e. The lowest BCUT2D eigenvalue weighted by atomic mass is 10.1. The van der Waals surface area contributed by atoms with Crippen LogP contribution >= 0.6 is 0 Å². The van der Waals surface area contributed by atoms with Gasteiger partial charge in [-0.2, -0.15) is 0 Å². The Kier molecular flexibility index (Phi) is 3.85. The van der Waals surface area contributed by atoms with Crippen molar-refractivity contribution in [2.24, 2.45) is 5.73 Å². The third-order valence-corrected chi connectivity index (χ3v) is 3.78. The van der Waals surface area contributed by atoms with Gasteiger partial charge in [0.15, 0.2) is 0 Å². The Labute approximate surface area is 119 Å². The number of fused-ring (bicyclic) bond motifs is 1. The molecule has 106 valence electrons. The molecule has 1 aromatic carbocycles. The van der Waals surface area contributed by atoms with Gasteiger partial charge >= 0.3 is 0 Å². The highest BCUT2D eigenvalue weighted by atomic mass is 16.5. The number of para-hydroxylation sites is 1. The maximum atomic E-state index is 5.90. The maximum absolute atomic E-state index is 5.90. The second kappa shape index (κ2) is 5.77. The lowest BCUT2D eigenvalue weighted by Crippen LogP contribution is -2.31. The molecule has 3 rings (SSSR count). The molecule has 1 unspecified atom stereocenters. The number of benzene rings is 1. The highest BCUT2D eigenvalue weighted by Crippen LogP contribution is 2.24. The summed E-state index contributed by atoms with van der Waals surface area (Å²) in [5.74, 6) is 1.02. The molecule has 1 aliphatic heterocycles. The van der Waals surface area contributed by atoms with Crippen LogP contribution in [-0.2, 0) is 11.3 Å². The predicted molar refractivity (Wildman–Crippen MR) is 81.9 cm³/mol. The van der Waals surface area contributed by atoms with Crippen LogP contribution in [-0.4, -0.2) is 30.8 Å². The first-order valence-corrected chi connectivity index (χ1v) is 7.23. The summed E-state index contributed by atoms with van der Waals surface area (Å²) in [5, 5.41) is 1.15. The normalized spacial score (nSPS) is 20.1. The molecule has 4 heteroatoms. The largest absolute Gasteiger partial charge is 0.377 e. The summed E-state index contributed by atoms with van der Waals surface area (Å²) in [5.41, 5.74) is 8.07. The van der Waals surface area contributed by atoms with Crippen molar-refractivity contribution in [1.82, 2.24) is 4.98 Å². The van der Waals surface area contributed by atoms with Crippen molar-refractivity contribution < 1.29 is 4.74 Å². The van der Waals surface area contributed by atoms with Gasteiger partial charge in [0.05, 0.1) is 11.6 Å². The van der Waals surface area contributed by atoms with Crippen LogP contribution in [0.25, 0.3) is 10.9 Å². The molecule has 0 bridgehead atoms. The zero-order chi connectivity index (χ0) is 13.9. The number of rotatable bonds is 2. The van der Waals surface area contributed by atoms with Crippen molar-refractivity contribution in [2.75, 3.05) is 24.6 Å². The zero-order valence-corrected chi connectivity index (χ0v) is 11.9. The van der Waals surface area contributed by atoms with Crippen molar-refractivity contribution in [3.63, 3.8) is 0 Å². The number of hydrogen-bond acceptors (Lipinski definition) is 4. The molecule has 20 heavy (non-hydrogen) atoms. The van der Waals surface area contributed by atoms with E-state index in [0.717, 1.165) is 48.4 Å². The fourth-order valence-electron chi connectivity index (χ4n) is 2.77. The van der Waals surface area contributed by atoms with Gasteiger partial charge < -0.3 is 15.4 Å². The Morgan fingerprint density at radius 3 is 3.10 bits per heavy atom. The summed E-state index contributed by atoms with van der Waals surface area (Å²) in [4.78, 5) is 7.11. The van der Waals surface area contributed by atoms with Crippen molar-refractivity contribution >= 4 is 16.7 Å². The summed E-state index contributed by atoms with van der Waals surface area (Å²) in [6, 6.07) is 10.3. The molecule has 1 aliphatic rings. The average Bonchev–Trinajstić information content (AvgIpc) is 2.70. The molecule has 2 aromatic rings. The summed E-state index contributed by atoms with van der Waals surface area (Å²) in [6.07, 6.45) is 1.28. The minimum atomic E-state index is 0.243. The molecule has 2 heterocycles. The lowest BCUT2D eigenvalue weighted by molar-refractivity contribution is 0.0820. The lowest BCUT2D eigenvalue weighted by Gasteiger charge is -2.24. The molecule has 1 saturated heterocycles. The molecule has 0 amide bonds. The van der Waals surface area contributed by atoms with Gasteiger partial charge in [0.25, 0.3) is 0 Å². The molecule has 1 atom stereocenters. The molecule has 0 saturated carbocycles. The monoisotopic (exact) mass is 271 g/mol. The van der Waals surface area contributed by atoms with Crippen LogP contribution in [0.3, 0.4) is 0 Å². The van der Waals surface area contributed by atoms with Gasteiger partial charge in [-0.05, 0) is 31.0 Å². The van der Waals surface area contributed by atoms with Crippen LogP contribution in [0.2, 0.25) is 0 Å². The van der Waals surface area contributed by atoms with Crippen LogP contribution in [0.5, 0.6) is 0 Å². The van der Waals surface area contributed by atoms with E-state index in [9.17, 15) is 0 Å². The van der Waals surface area contributed by atoms with Gasteiger partial charge in [-0.1, -0.05) is 18.2 Å². The average molecular weight is 271 g/mol. The molecular weight excluding hydrogens is 250 g/mol. The number of nitrogens with zero attached hydrogens (tertiary/aromatic N) is 2. The predicted octanol–water partition coefficient (Wildman–Crippen LogP) is 2.31. The fraction of sp³-hybridized carbons (Fsp3) is 0.438. The number of ether oxygens (including phenoxy) is 1. The van der Waals surface area contributed by atoms with E-state index in [1.165, 1.54) is 0 Å². The van der Waals surface area contributed by atoms with Crippen LogP contribution < -0.4 is 10.6 Å². The number of aromatic nitrogens is 1. The molecular formula is C16H21N3O. The van der Waals surface area contributed by atoms with Gasteiger partial charge in [0.1, 0.15) is 5.82 Å². The number of pyridine rings is 1. The maximum Gasteiger partial charge on any atom is 0.129 e. The standard InChI is InChI=1S/C16H21N3O/c1-12-11-19(7-4-8-20-12)16-9-13(10-17)14-5-2-3-6-15(14)18-16/h2-3,5-6,9,12H,4,7-8,10-11,17H2,1H3.